The molecule has 4 aromatic rings. The van der Waals surface area contributed by atoms with Crippen LogP contribution in [-0.4, -0.2) is 25.5 Å². The summed E-state index contributed by atoms with van der Waals surface area (Å²) in [7, 11) is 0. The molecular formula is C20H17N5O. The van der Waals surface area contributed by atoms with Crippen molar-refractivity contribution in [2.75, 3.05) is 0 Å². The predicted octanol–water partition coefficient (Wildman–Crippen LogP) is 2.99. The number of carbonyl (C=O) groups excluding carboxylic acids is 1. The molecule has 0 aliphatic carbocycles. The zero-order chi connectivity index (χ0) is 17.8. The normalized spacial score (nSPS) is 10.6. The summed E-state index contributed by atoms with van der Waals surface area (Å²) in [5.74, 6) is -0.167. The van der Waals surface area contributed by atoms with Crippen LogP contribution >= 0.6 is 0 Å². The second-order valence-corrected chi connectivity index (χ2v) is 5.82. The lowest BCUT2D eigenvalue weighted by Gasteiger charge is -2.02. The van der Waals surface area contributed by atoms with Crippen LogP contribution in [0.2, 0.25) is 0 Å². The molecule has 0 saturated heterocycles. The average molecular weight is 343 g/mol. The SMILES string of the molecule is O=C(NCc1cnn(-c2ccccc2)c1)c1cnn(-c2ccccc2)c1. The van der Waals surface area contributed by atoms with Crippen LogP contribution in [0.25, 0.3) is 11.4 Å². The van der Waals surface area contributed by atoms with Crippen molar-refractivity contribution < 1.29 is 4.79 Å². The molecule has 0 aliphatic rings. The van der Waals surface area contributed by atoms with Gasteiger partial charge >= 0.3 is 0 Å². The molecule has 2 heterocycles. The number of carbonyl (C=O) groups is 1. The molecule has 4 rings (SSSR count). The Labute approximate surface area is 150 Å². The summed E-state index contributed by atoms with van der Waals surface area (Å²) >= 11 is 0. The monoisotopic (exact) mass is 343 g/mol. The summed E-state index contributed by atoms with van der Waals surface area (Å²) in [6.07, 6.45) is 6.94. The van der Waals surface area contributed by atoms with E-state index in [9.17, 15) is 4.79 Å². The van der Waals surface area contributed by atoms with Crippen molar-refractivity contribution in [2.45, 2.75) is 6.54 Å². The van der Waals surface area contributed by atoms with Crippen LogP contribution in [0.3, 0.4) is 0 Å². The number of rotatable bonds is 5. The Morgan fingerprint density at radius 2 is 1.38 bits per heavy atom. The molecule has 6 nitrogen and oxygen atoms in total. The maximum atomic E-state index is 12.3. The molecule has 2 aromatic heterocycles. The Kier molecular flexibility index (Phi) is 4.30. The van der Waals surface area contributed by atoms with Crippen LogP contribution in [-0.2, 0) is 6.54 Å². The van der Waals surface area contributed by atoms with E-state index in [-0.39, 0.29) is 5.91 Å². The molecule has 6 heteroatoms. The Morgan fingerprint density at radius 1 is 0.808 bits per heavy atom. The summed E-state index contributed by atoms with van der Waals surface area (Å²) in [4.78, 5) is 12.3. The average Bonchev–Trinajstić information content (AvgIpc) is 3.37. The highest BCUT2D eigenvalue weighted by Crippen LogP contribution is 2.09. The smallest absolute Gasteiger partial charge is 0.254 e. The molecule has 0 radical (unpaired) electrons. The fourth-order valence-electron chi connectivity index (χ4n) is 2.62. The minimum Gasteiger partial charge on any atom is -0.348 e. The van der Waals surface area contributed by atoms with Crippen molar-refractivity contribution in [3.63, 3.8) is 0 Å². The number of nitrogens with zero attached hydrogens (tertiary/aromatic N) is 4. The quantitative estimate of drug-likeness (QED) is 0.606. The lowest BCUT2D eigenvalue weighted by molar-refractivity contribution is 0.0951. The third-order valence-electron chi connectivity index (χ3n) is 3.98. The number of para-hydroxylation sites is 2. The van der Waals surface area contributed by atoms with Gasteiger partial charge in [-0.25, -0.2) is 9.36 Å². The van der Waals surface area contributed by atoms with Crippen LogP contribution < -0.4 is 5.32 Å². The number of amides is 1. The van der Waals surface area contributed by atoms with E-state index in [1.807, 2.05) is 66.9 Å². The first-order valence-corrected chi connectivity index (χ1v) is 8.27. The van der Waals surface area contributed by atoms with Crippen LogP contribution in [0.15, 0.2) is 85.5 Å². The van der Waals surface area contributed by atoms with E-state index in [0.29, 0.717) is 12.1 Å². The molecule has 2 aromatic carbocycles. The molecule has 0 bridgehead atoms. The second-order valence-electron chi connectivity index (χ2n) is 5.82. The topological polar surface area (TPSA) is 64.7 Å². The van der Waals surface area contributed by atoms with Crippen LogP contribution in [0, 0.1) is 0 Å². The summed E-state index contributed by atoms with van der Waals surface area (Å²) < 4.78 is 3.47. The Bertz CT molecular complexity index is 1000. The number of hydrogen-bond acceptors (Lipinski definition) is 3. The third kappa shape index (κ3) is 3.39. The van der Waals surface area contributed by atoms with E-state index in [2.05, 4.69) is 15.5 Å². The Morgan fingerprint density at radius 3 is 2.04 bits per heavy atom. The number of aromatic nitrogens is 4. The van der Waals surface area contributed by atoms with Crippen molar-refractivity contribution in [1.29, 1.82) is 0 Å². The largest absolute Gasteiger partial charge is 0.348 e. The van der Waals surface area contributed by atoms with E-state index in [1.165, 1.54) is 0 Å². The molecule has 0 unspecified atom stereocenters. The van der Waals surface area contributed by atoms with Gasteiger partial charge in [-0.15, -0.1) is 0 Å². The molecule has 0 saturated carbocycles. The highest BCUT2D eigenvalue weighted by molar-refractivity contribution is 5.93. The molecule has 0 aliphatic heterocycles. The van der Waals surface area contributed by atoms with Gasteiger partial charge in [-0.3, -0.25) is 4.79 Å². The van der Waals surface area contributed by atoms with Crippen molar-refractivity contribution in [1.82, 2.24) is 24.9 Å². The first-order valence-electron chi connectivity index (χ1n) is 8.27. The zero-order valence-electron chi connectivity index (χ0n) is 14.0. The fourth-order valence-corrected chi connectivity index (χ4v) is 2.62. The van der Waals surface area contributed by atoms with Gasteiger partial charge in [-0.2, -0.15) is 10.2 Å². The number of hydrogen-bond donors (Lipinski definition) is 1. The van der Waals surface area contributed by atoms with E-state index >= 15 is 0 Å². The molecule has 128 valence electrons. The summed E-state index contributed by atoms with van der Waals surface area (Å²) in [5.41, 5.74) is 3.34. The highest BCUT2D eigenvalue weighted by atomic mass is 16.1. The molecule has 0 atom stereocenters. The Balaban J connectivity index is 1.40. The van der Waals surface area contributed by atoms with E-state index in [4.69, 9.17) is 0 Å². The first kappa shape index (κ1) is 15.8. The maximum absolute atomic E-state index is 12.3. The minimum atomic E-state index is -0.167. The van der Waals surface area contributed by atoms with E-state index in [1.54, 1.807) is 28.0 Å². The van der Waals surface area contributed by atoms with Gasteiger partial charge in [0.25, 0.3) is 5.91 Å². The second kappa shape index (κ2) is 7.06. The fraction of sp³-hybridized carbons (Fsp3) is 0.0500. The van der Waals surface area contributed by atoms with Gasteiger partial charge in [-0.1, -0.05) is 36.4 Å². The van der Waals surface area contributed by atoms with Gasteiger partial charge in [0.2, 0.25) is 0 Å². The highest BCUT2D eigenvalue weighted by Gasteiger charge is 2.10. The molecule has 26 heavy (non-hydrogen) atoms. The van der Waals surface area contributed by atoms with Gasteiger partial charge in [-0.05, 0) is 24.3 Å². The van der Waals surface area contributed by atoms with Gasteiger partial charge in [0, 0.05) is 24.5 Å². The van der Waals surface area contributed by atoms with Gasteiger partial charge in [0.15, 0.2) is 0 Å². The maximum Gasteiger partial charge on any atom is 0.254 e. The third-order valence-corrected chi connectivity index (χ3v) is 3.98. The van der Waals surface area contributed by atoms with Gasteiger partial charge in [0.1, 0.15) is 0 Å². The lowest BCUT2D eigenvalue weighted by Crippen LogP contribution is -2.22. The van der Waals surface area contributed by atoms with Crippen molar-refractivity contribution >= 4 is 5.91 Å². The molecule has 0 fully saturated rings. The lowest BCUT2D eigenvalue weighted by atomic mass is 10.3. The number of nitrogens with one attached hydrogen (secondary N) is 1. The van der Waals surface area contributed by atoms with Crippen molar-refractivity contribution in [3.05, 3.63) is 96.6 Å². The predicted molar refractivity (Wildman–Crippen MR) is 98.3 cm³/mol. The van der Waals surface area contributed by atoms with Crippen LogP contribution in [0.4, 0.5) is 0 Å². The summed E-state index contributed by atoms with van der Waals surface area (Å²) in [6.45, 7) is 0.405. The van der Waals surface area contributed by atoms with E-state index < -0.39 is 0 Å². The van der Waals surface area contributed by atoms with Gasteiger partial charge in [0.05, 0.1) is 29.3 Å². The Hall–Kier alpha value is -3.67. The molecule has 1 amide bonds. The first-order chi connectivity index (χ1) is 12.8. The molecular weight excluding hydrogens is 326 g/mol. The van der Waals surface area contributed by atoms with Crippen LogP contribution in [0.1, 0.15) is 15.9 Å². The minimum absolute atomic E-state index is 0.167. The van der Waals surface area contributed by atoms with Gasteiger partial charge < -0.3 is 5.32 Å². The molecule has 1 N–H and O–H groups in total. The summed E-state index contributed by atoms with van der Waals surface area (Å²) in [6, 6.07) is 19.5. The van der Waals surface area contributed by atoms with Crippen molar-refractivity contribution in [2.24, 2.45) is 0 Å². The zero-order valence-corrected chi connectivity index (χ0v) is 14.0. The standard InChI is InChI=1S/C20H17N5O/c26-20(17-13-23-25(15-17)19-9-5-2-6-10-19)21-11-16-12-22-24(14-16)18-7-3-1-4-8-18/h1-10,12-15H,11H2,(H,21,26). The summed E-state index contributed by atoms with van der Waals surface area (Å²) in [5, 5.41) is 11.5. The molecule has 0 spiro atoms. The van der Waals surface area contributed by atoms with E-state index in [0.717, 1.165) is 16.9 Å². The van der Waals surface area contributed by atoms with Crippen LogP contribution in [0.5, 0.6) is 0 Å². The van der Waals surface area contributed by atoms with Crippen molar-refractivity contribution in [3.8, 4) is 11.4 Å². The number of benzene rings is 2.